The highest BCUT2D eigenvalue weighted by molar-refractivity contribution is 6.05. The van der Waals surface area contributed by atoms with E-state index >= 15 is 0 Å². The molecule has 0 aromatic carbocycles. The summed E-state index contributed by atoms with van der Waals surface area (Å²) in [4.78, 5) is 32.2. The number of pyridine rings is 3. The minimum Gasteiger partial charge on any atom is -0.353 e. The molecule has 3 N–H and O–H groups in total. The lowest BCUT2D eigenvalue weighted by Crippen LogP contribution is -2.56. The second-order valence-electron chi connectivity index (χ2n) is 7.37. The lowest BCUT2D eigenvalue weighted by Gasteiger charge is -2.38. The van der Waals surface area contributed by atoms with Crippen LogP contribution in [-0.2, 0) is 7.05 Å². The molecule has 9 heteroatoms. The van der Waals surface area contributed by atoms with E-state index in [-0.39, 0.29) is 11.9 Å². The third kappa shape index (κ3) is 3.25. The highest BCUT2D eigenvalue weighted by Gasteiger charge is 2.26. The molecule has 30 heavy (non-hydrogen) atoms. The molecule has 1 amide bonds. The molecule has 150 valence electrons. The Labute approximate surface area is 172 Å². The maximum Gasteiger partial charge on any atom is 0.256 e. The smallest absolute Gasteiger partial charge is 0.256 e. The molecule has 0 unspecified atom stereocenters. The van der Waals surface area contributed by atoms with Crippen LogP contribution in [0.1, 0.15) is 10.4 Å². The number of nitrogens with two attached hydrogens (primary N) is 1. The van der Waals surface area contributed by atoms with Crippen molar-refractivity contribution in [2.24, 2.45) is 12.8 Å². The van der Waals surface area contributed by atoms with E-state index in [1.807, 2.05) is 29.9 Å². The molecule has 0 aliphatic carbocycles. The number of nitrogens with zero attached hydrogens (tertiary/aromatic N) is 6. The molecule has 0 bridgehead atoms. The van der Waals surface area contributed by atoms with Crippen LogP contribution < -0.4 is 16.0 Å². The minimum absolute atomic E-state index is 0.124. The Morgan fingerprint density at radius 2 is 1.97 bits per heavy atom. The topological polar surface area (TPSA) is 115 Å². The monoisotopic (exact) mass is 400 g/mol. The Balaban J connectivity index is 1.58. The normalized spacial score (nSPS) is 14.0. The zero-order chi connectivity index (χ0) is 20.7. The quantitative estimate of drug-likeness (QED) is 0.537. The van der Waals surface area contributed by atoms with Gasteiger partial charge in [0.15, 0.2) is 0 Å². The van der Waals surface area contributed by atoms with E-state index in [0.717, 1.165) is 28.0 Å². The molecule has 0 spiro atoms. The number of aromatic nitrogens is 5. The fourth-order valence-electron chi connectivity index (χ4n) is 3.56. The van der Waals surface area contributed by atoms with Gasteiger partial charge in [0.25, 0.3) is 5.91 Å². The first kappa shape index (κ1) is 18.2. The number of rotatable bonds is 4. The fourth-order valence-corrected chi connectivity index (χ4v) is 3.56. The summed E-state index contributed by atoms with van der Waals surface area (Å²) < 4.78 is 1.91. The molecule has 1 fully saturated rings. The number of aryl methyl sites for hydroxylation is 1. The van der Waals surface area contributed by atoms with Gasteiger partial charge in [0.05, 0.1) is 23.9 Å². The molecule has 1 saturated heterocycles. The van der Waals surface area contributed by atoms with E-state index in [4.69, 9.17) is 10.7 Å². The Morgan fingerprint density at radius 3 is 2.67 bits per heavy atom. The Hall–Kier alpha value is -3.85. The summed E-state index contributed by atoms with van der Waals surface area (Å²) in [5.74, 6) is 1.00. The molecular formula is C21H20N8O. The van der Waals surface area contributed by atoms with E-state index in [2.05, 4.69) is 25.2 Å². The van der Waals surface area contributed by atoms with Crippen LogP contribution >= 0.6 is 0 Å². The van der Waals surface area contributed by atoms with Crippen molar-refractivity contribution in [1.82, 2.24) is 24.5 Å². The number of hydrogen-bond acceptors (Lipinski definition) is 7. The molecule has 0 radical (unpaired) electrons. The highest BCUT2D eigenvalue weighted by Crippen LogP contribution is 2.32. The van der Waals surface area contributed by atoms with Gasteiger partial charge in [-0.3, -0.25) is 14.8 Å². The standard InChI is InChI=1S/C21H20N8O/c1-28-12-24-9-18(28)17-6-14-7-19(27-21(30)13-2-4-23-5-3-13)26-20(16(14)8-25-17)29-10-15(22)11-29/h2-9,12,15H,10-11,22H2,1H3,(H,26,27,30). The van der Waals surface area contributed by atoms with Crippen LogP contribution in [0, 0.1) is 0 Å². The van der Waals surface area contributed by atoms with Crippen LogP contribution in [0.3, 0.4) is 0 Å². The summed E-state index contributed by atoms with van der Waals surface area (Å²) in [6.45, 7) is 1.43. The largest absolute Gasteiger partial charge is 0.353 e. The zero-order valence-corrected chi connectivity index (χ0v) is 16.4. The van der Waals surface area contributed by atoms with E-state index < -0.39 is 0 Å². The number of carbonyl (C=O) groups excluding carboxylic acids is 1. The SMILES string of the molecule is Cn1cncc1-c1cc2cc(NC(=O)c3ccncc3)nc(N3CC(N)C3)c2cn1. The maximum atomic E-state index is 12.6. The number of carbonyl (C=O) groups is 1. The molecule has 1 aliphatic rings. The second kappa shape index (κ2) is 7.20. The van der Waals surface area contributed by atoms with Gasteiger partial charge < -0.3 is 20.5 Å². The number of amides is 1. The van der Waals surface area contributed by atoms with Gasteiger partial charge in [0, 0.05) is 55.7 Å². The number of imidazole rings is 1. The first-order valence-electron chi connectivity index (χ1n) is 9.58. The molecule has 0 atom stereocenters. The average molecular weight is 400 g/mol. The molecule has 9 nitrogen and oxygen atoms in total. The predicted octanol–water partition coefficient (Wildman–Crippen LogP) is 1.82. The maximum absolute atomic E-state index is 12.6. The first-order chi connectivity index (χ1) is 14.6. The Bertz CT molecular complexity index is 1230. The predicted molar refractivity (Wildman–Crippen MR) is 114 cm³/mol. The van der Waals surface area contributed by atoms with Crippen LogP contribution in [0.25, 0.3) is 22.2 Å². The number of fused-ring (bicyclic) bond motifs is 1. The van der Waals surface area contributed by atoms with Gasteiger partial charge in [-0.05, 0) is 29.7 Å². The van der Waals surface area contributed by atoms with Crippen LogP contribution in [0.2, 0.25) is 0 Å². The van der Waals surface area contributed by atoms with Crippen LogP contribution in [0.5, 0.6) is 0 Å². The first-order valence-corrected chi connectivity index (χ1v) is 9.58. The molecule has 5 heterocycles. The minimum atomic E-state index is -0.239. The third-order valence-electron chi connectivity index (χ3n) is 5.17. The summed E-state index contributed by atoms with van der Waals surface area (Å²) in [5.41, 5.74) is 8.20. The van der Waals surface area contributed by atoms with Crippen LogP contribution in [0.4, 0.5) is 11.6 Å². The highest BCUT2D eigenvalue weighted by atomic mass is 16.1. The van der Waals surface area contributed by atoms with Gasteiger partial charge in [-0.1, -0.05) is 0 Å². The van der Waals surface area contributed by atoms with Gasteiger partial charge in [0.1, 0.15) is 11.6 Å². The number of nitrogens with one attached hydrogen (secondary N) is 1. The molecule has 4 aromatic heterocycles. The third-order valence-corrected chi connectivity index (χ3v) is 5.17. The number of anilines is 2. The summed E-state index contributed by atoms with van der Waals surface area (Å²) in [6.07, 6.45) is 8.50. The van der Waals surface area contributed by atoms with Crippen molar-refractivity contribution in [3.63, 3.8) is 0 Å². The molecule has 5 rings (SSSR count). The van der Waals surface area contributed by atoms with Crippen molar-refractivity contribution in [2.45, 2.75) is 6.04 Å². The van der Waals surface area contributed by atoms with Gasteiger partial charge in [-0.15, -0.1) is 0 Å². The van der Waals surface area contributed by atoms with Gasteiger partial charge in [0.2, 0.25) is 0 Å². The fraction of sp³-hybridized carbons (Fsp3) is 0.190. The zero-order valence-electron chi connectivity index (χ0n) is 16.4. The van der Waals surface area contributed by atoms with Crippen molar-refractivity contribution >= 4 is 28.3 Å². The van der Waals surface area contributed by atoms with Crippen molar-refractivity contribution in [1.29, 1.82) is 0 Å². The molecule has 1 aliphatic heterocycles. The Kier molecular flexibility index (Phi) is 4.36. The van der Waals surface area contributed by atoms with E-state index in [1.165, 1.54) is 0 Å². The summed E-state index contributed by atoms with van der Waals surface area (Å²) in [6, 6.07) is 7.30. The van der Waals surface area contributed by atoms with Crippen molar-refractivity contribution in [3.8, 4) is 11.4 Å². The van der Waals surface area contributed by atoms with Crippen LogP contribution in [0.15, 0.2) is 55.4 Å². The van der Waals surface area contributed by atoms with Crippen molar-refractivity contribution in [3.05, 3.63) is 60.9 Å². The van der Waals surface area contributed by atoms with E-state index in [0.29, 0.717) is 24.5 Å². The second-order valence-corrected chi connectivity index (χ2v) is 7.37. The van der Waals surface area contributed by atoms with Gasteiger partial charge in [-0.2, -0.15) is 0 Å². The van der Waals surface area contributed by atoms with Crippen molar-refractivity contribution < 1.29 is 4.79 Å². The molecule has 4 aromatic rings. The number of hydrogen-bond donors (Lipinski definition) is 2. The molecular weight excluding hydrogens is 380 g/mol. The van der Waals surface area contributed by atoms with Crippen molar-refractivity contribution in [2.75, 3.05) is 23.3 Å². The van der Waals surface area contributed by atoms with E-state index in [9.17, 15) is 4.79 Å². The lowest BCUT2D eigenvalue weighted by atomic mass is 10.1. The summed E-state index contributed by atoms with van der Waals surface area (Å²) >= 11 is 0. The summed E-state index contributed by atoms with van der Waals surface area (Å²) in [7, 11) is 1.92. The summed E-state index contributed by atoms with van der Waals surface area (Å²) in [5, 5.41) is 4.74. The van der Waals surface area contributed by atoms with E-state index in [1.54, 1.807) is 37.1 Å². The average Bonchev–Trinajstić information content (AvgIpc) is 3.17. The van der Waals surface area contributed by atoms with Gasteiger partial charge >= 0.3 is 0 Å². The van der Waals surface area contributed by atoms with Crippen LogP contribution in [-0.4, -0.2) is 49.5 Å². The Morgan fingerprint density at radius 1 is 1.17 bits per heavy atom. The lowest BCUT2D eigenvalue weighted by molar-refractivity contribution is 0.102. The van der Waals surface area contributed by atoms with Gasteiger partial charge in [-0.25, -0.2) is 9.97 Å². The molecule has 0 saturated carbocycles.